The fourth-order valence-corrected chi connectivity index (χ4v) is 3.07. The number of hydrogen-bond donors (Lipinski definition) is 1. The average molecular weight is 290 g/mol. The lowest BCUT2D eigenvalue weighted by Gasteiger charge is -2.39. The molecule has 2 aromatic rings. The Morgan fingerprint density at radius 2 is 2.10 bits per heavy atom. The van der Waals surface area contributed by atoms with Gasteiger partial charge in [0.25, 0.3) is 0 Å². The average Bonchev–Trinajstić information content (AvgIpc) is 2.86. The minimum atomic E-state index is 0.551. The monoisotopic (exact) mass is 289 g/mol. The zero-order valence-corrected chi connectivity index (χ0v) is 12.6. The van der Waals surface area contributed by atoms with Crippen molar-refractivity contribution >= 4 is 17.3 Å². The lowest BCUT2D eigenvalue weighted by molar-refractivity contribution is 0.212. The van der Waals surface area contributed by atoms with Crippen LogP contribution >= 0.6 is 11.6 Å². The Balaban J connectivity index is 1.79. The SMILES string of the molecule is CC(C)C1CC(Nc2cccc(Cl)c2-n2cccn2)C1. The van der Waals surface area contributed by atoms with Crippen LogP contribution in [0.2, 0.25) is 5.02 Å². The first-order valence-corrected chi connectivity index (χ1v) is 7.58. The molecule has 0 spiro atoms. The number of benzene rings is 1. The van der Waals surface area contributed by atoms with E-state index >= 15 is 0 Å². The van der Waals surface area contributed by atoms with E-state index in [1.54, 1.807) is 6.20 Å². The van der Waals surface area contributed by atoms with Crippen LogP contribution in [-0.4, -0.2) is 15.8 Å². The molecule has 0 bridgehead atoms. The molecule has 1 aromatic heterocycles. The zero-order chi connectivity index (χ0) is 14.1. The summed E-state index contributed by atoms with van der Waals surface area (Å²) in [5.41, 5.74) is 2.00. The van der Waals surface area contributed by atoms with Gasteiger partial charge in [-0.15, -0.1) is 0 Å². The van der Waals surface area contributed by atoms with Crippen LogP contribution in [0.5, 0.6) is 0 Å². The summed E-state index contributed by atoms with van der Waals surface area (Å²) in [5.74, 6) is 1.62. The van der Waals surface area contributed by atoms with Crippen LogP contribution in [0, 0.1) is 11.8 Å². The summed E-state index contributed by atoms with van der Waals surface area (Å²) in [7, 11) is 0. The number of nitrogens with one attached hydrogen (secondary N) is 1. The van der Waals surface area contributed by atoms with Crippen LogP contribution in [0.25, 0.3) is 5.69 Å². The highest BCUT2D eigenvalue weighted by Gasteiger charge is 2.31. The van der Waals surface area contributed by atoms with E-state index in [1.807, 2.05) is 29.1 Å². The highest BCUT2D eigenvalue weighted by molar-refractivity contribution is 6.33. The van der Waals surface area contributed by atoms with Crippen LogP contribution in [0.3, 0.4) is 0 Å². The molecule has 4 heteroatoms. The minimum absolute atomic E-state index is 0.551. The third kappa shape index (κ3) is 2.55. The molecule has 106 valence electrons. The quantitative estimate of drug-likeness (QED) is 0.905. The zero-order valence-electron chi connectivity index (χ0n) is 11.9. The van der Waals surface area contributed by atoms with Gasteiger partial charge in [-0.1, -0.05) is 31.5 Å². The first-order valence-electron chi connectivity index (χ1n) is 7.20. The fourth-order valence-electron chi connectivity index (χ4n) is 2.81. The second kappa shape index (κ2) is 5.49. The van der Waals surface area contributed by atoms with Crippen LogP contribution in [-0.2, 0) is 0 Å². The molecular formula is C16H20ClN3. The molecule has 0 radical (unpaired) electrons. The smallest absolute Gasteiger partial charge is 0.106 e. The molecule has 0 unspecified atom stereocenters. The summed E-state index contributed by atoms with van der Waals surface area (Å²) < 4.78 is 1.82. The normalized spacial score (nSPS) is 21.8. The summed E-state index contributed by atoms with van der Waals surface area (Å²) in [6.07, 6.45) is 6.17. The molecule has 1 aliphatic carbocycles. The van der Waals surface area contributed by atoms with E-state index in [4.69, 9.17) is 11.6 Å². The first kappa shape index (κ1) is 13.5. The molecule has 1 aliphatic rings. The number of aromatic nitrogens is 2. The Kier molecular flexibility index (Phi) is 3.70. The van der Waals surface area contributed by atoms with Gasteiger partial charge < -0.3 is 5.32 Å². The van der Waals surface area contributed by atoms with E-state index in [9.17, 15) is 0 Å². The Labute approximate surface area is 124 Å². The predicted molar refractivity (Wildman–Crippen MR) is 83.5 cm³/mol. The molecule has 0 atom stereocenters. The van der Waals surface area contributed by atoms with Crippen molar-refractivity contribution in [1.29, 1.82) is 0 Å². The molecule has 0 amide bonds. The third-order valence-corrected chi connectivity index (χ3v) is 4.50. The van der Waals surface area contributed by atoms with E-state index in [1.165, 1.54) is 12.8 Å². The van der Waals surface area contributed by atoms with Gasteiger partial charge >= 0.3 is 0 Å². The topological polar surface area (TPSA) is 29.9 Å². The number of halogens is 1. The number of rotatable bonds is 4. The summed E-state index contributed by atoms with van der Waals surface area (Å²) in [6.45, 7) is 4.60. The van der Waals surface area contributed by atoms with Crippen molar-refractivity contribution in [3.63, 3.8) is 0 Å². The Morgan fingerprint density at radius 1 is 1.30 bits per heavy atom. The molecule has 1 fully saturated rings. The van der Waals surface area contributed by atoms with Crippen molar-refractivity contribution < 1.29 is 0 Å². The van der Waals surface area contributed by atoms with E-state index < -0.39 is 0 Å². The summed E-state index contributed by atoms with van der Waals surface area (Å²) in [4.78, 5) is 0. The van der Waals surface area contributed by atoms with E-state index in [0.29, 0.717) is 6.04 Å². The second-order valence-corrected chi connectivity index (χ2v) is 6.31. The fraction of sp³-hybridized carbons (Fsp3) is 0.438. The van der Waals surface area contributed by atoms with E-state index in [0.717, 1.165) is 28.2 Å². The Bertz CT molecular complexity index is 571. The highest BCUT2D eigenvalue weighted by atomic mass is 35.5. The molecular weight excluding hydrogens is 270 g/mol. The van der Waals surface area contributed by atoms with Gasteiger partial charge in [-0.3, -0.25) is 0 Å². The summed E-state index contributed by atoms with van der Waals surface area (Å²) in [6, 6.07) is 8.42. The van der Waals surface area contributed by atoms with Crippen molar-refractivity contribution in [3.8, 4) is 5.69 Å². The summed E-state index contributed by atoms with van der Waals surface area (Å²) in [5, 5.41) is 8.63. The lowest BCUT2D eigenvalue weighted by atomic mass is 9.73. The van der Waals surface area contributed by atoms with Gasteiger partial charge in [0.05, 0.1) is 10.7 Å². The van der Waals surface area contributed by atoms with Gasteiger partial charge in [0.2, 0.25) is 0 Å². The Hall–Kier alpha value is -1.48. The van der Waals surface area contributed by atoms with Gasteiger partial charge in [0, 0.05) is 18.4 Å². The second-order valence-electron chi connectivity index (χ2n) is 5.90. The number of anilines is 1. The lowest BCUT2D eigenvalue weighted by Crippen LogP contribution is -2.38. The molecule has 3 rings (SSSR count). The maximum absolute atomic E-state index is 6.34. The largest absolute Gasteiger partial charge is 0.381 e. The number of nitrogens with zero attached hydrogens (tertiary/aromatic N) is 2. The van der Waals surface area contributed by atoms with Crippen molar-refractivity contribution in [1.82, 2.24) is 9.78 Å². The van der Waals surface area contributed by atoms with Gasteiger partial charge in [-0.05, 0) is 42.9 Å². The van der Waals surface area contributed by atoms with Crippen LogP contribution in [0.1, 0.15) is 26.7 Å². The van der Waals surface area contributed by atoms with Gasteiger partial charge in [-0.2, -0.15) is 5.10 Å². The van der Waals surface area contributed by atoms with Gasteiger partial charge in [0.15, 0.2) is 0 Å². The van der Waals surface area contributed by atoms with E-state index in [2.05, 4.69) is 30.3 Å². The molecule has 20 heavy (non-hydrogen) atoms. The van der Waals surface area contributed by atoms with Crippen LogP contribution in [0.4, 0.5) is 5.69 Å². The third-order valence-electron chi connectivity index (χ3n) is 4.20. The van der Waals surface area contributed by atoms with Crippen molar-refractivity contribution in [3.05, 3.63) is 41.7 Å². The standard InChI is InChI=1S/C16H20ClN3/c1-11(2)12-9-13(10-12)19-15-6-3-5-14(17)16(15)20-8-4-7-18-20/h3-8,11-13,19H,9-10H2,1-2H3. The predicted octanol–water partition coefficient (Wildman–Crippen LogP) is 4.37. The maximum atomic E-state index is 6.34. The number of hydrogen-bond acceptors (Lipinski definition) is 2. The molecule has 0 saturated heterocycles. The van der Waals surface area contributed by atoms with Crippen LogP contribution < -0.4 is 5.32 Å². The van der Waals surface area contributed by atoms with Crippen molar-refractivity contribution in [2.75, 3.05) is 5.32 Å². The highest BCUT2D eigenvalue weighted by Crippen LogP contribution is 2.37. The molecule has 0 aliphatic heterocycles. The molecule has 1 heterocycles. The maximum Gasteiger partial charge on any atom is 0.106 e. The van der Waals surface area contributed by atoms with Crippen molar-refractivity contribution in [2.45, 2.75) is 32.7 Å². The van der Waals surface area contributed by atoms with Crippen molar-refractivity contribution in [2.24, 2.45) is 11.8 Å². The summed E-state index contributed by atoms with van der Waals surface area (Å²) >= 11 is 6.34. The Morgan fingerprint density at radius 3 is 2.75 bits per heavy atom. The first-order chi connectivity index (χ1) is 9.65. The van der Waals surface area contributed by atoms with E-state index in [-0.39, 0.29) is 0 Å². The number of para-hydroxylation sites is 1. The van der Waals surface area contributed by atoms with Gasteiger partial charge in [-0.25, -0.2) is 4.68 Å². The molecule has 1 aromatic carbocycles. The molecule has 1 saturated carbocycles. The minimum Gasteiger partial charge on any atom is -0.381 e. The van der Waals surface area contributed by atoms with Crippen LogP contribution in [0.15, 0.2) is 36.7 Å². The molecule has 3 nitrogen and oxygen atoms in total. The molecule has 1 N–H and O–H groups in total. The van der Waals surface area contributed by atoms with Gasteiger partial charge in [0.1, 0.15) is 5.69 Å².